The quantitative estimate of drug-likeness (QED) is 0.859. The van der Waals surface area contributed by atoms with E-state index in [9.17, 15) is 4.79 Å². The van der Waals surface area contributed by atoms with Crippen molar-refractivity contribution in [3.8, 4) is 0 Å². The van der Waals surface area contributed by atoms with Crippen LogP contribution in [-0.4, -0.2) is 54.9 Å². The number of piperidine rings is 1. The van der Waals surface area contributed by atoms with Gasteiger partial charge in [0.25, 0.3) is 0 Å². The fourth-order valence-electron chi connectivity index (χ4n) is 3.44. The molecule has 25 heavy (non-hydrogen) atoms. The smallest absolute Gasteiger partial charge is 0.317 e. The lowest BCUT2D eigenvalue weighted by Gasteiger charge is -2.32. The van der Waals surface area contributed by atoms with E-state index >= 15 is 0 Å². The Bertz CT molecular complexity index is 512. The summed E-state index contributed by atoms with van der Waals surface area (Å²) in [5.41, 5.74) is 0.953. The summed E-state index contributed by atoms with van der Waals surface area (Å²) in [6.45, 7) is 4.52. The molecule has 0 saturated carbocycles. The molecule has 0 aromatic carbocycles. The first kappa shape index (κ1) is 18.1. The summed E-state index contributed by atoms with van der Waals surface area (Å²) in [7, 11) is 0. The van der Waals surface area contributed by atoms with Crippen LogP contribution in [0.2, 0.25) is 0 Å². The van der Waals surface area contributed by atoms with Crippen LogP contribution >= 0.6 is 0 Å². The number of carbonyl (C=O) groups is 1. The van der Waals surface area contributed by atoms with Crippen LogP contribution in [0.4, 0.5) is 4.79 Å². The maximum Gasteiger partial charge on any atom is 0.317 e. The minimum Gasteiger partial charge on any atom is -0.381 e. The molecule has 2 saturated heterocycles. The van der Waals surface area contributed by atoms with Gasteiger partial charge in [0.05, 0.1) is 18.4 Å². The van der Waals surface area contributed by atoms with Crippen LogP contribution in [0.15, 0.2) is 24.4 Å². The van der Waals surface area contributed by atoms with E-state index in [1.807, 2.05) is 23.1 Å². The van der Waals surface area contributed by atoms with Crippen molar-refractivity contribution in [3.05, 3.63) is 30.1 Å². The molecule has 1 aromatic rings. The lowest BCUT2D eigenvalue weighted by molar-refractivity contribution is 0.00299. The third-order valence-corrected chi connectivity index (χ3v) is 5.01. The zero-order valence-corrected chi connectivity index (χ0v) is 14.9. The number of carbonyl (C=O) groups excluding carboxylic acids is 1. The average molecular weight is 347 g/mol. The predicted molar refractivity (Wildman–Crippen MR) is 95.2 cm³/mol. The van der Waals surface area contributed by atoms with Gasteiger partial charge in [-0.2, -0.15) is 0 Å². The minimum atomic E-state index is 0.0555. The Labute approximate surface area is 149 Å². The molecule has 6 heteroatoms. The third kappa shape index (κ3) is 5.97. The summed E-state index contributed by atoms with van der Waals surface area (Å²) in [6, 6.07) is 5.90. The summed E-state index contributed by atoms with van der Waals surface area (Å²) in [5, 5.41) is 3.05. The van der Waals surface area contributed by atoms with Crippen molar-refractivity contribution < 1.29 is 14.3 Å². The van der Waals surface area contributed by atoms with Crippen LogP contribution in [0, 0.1) is 5.92 Å². The van der Waals surface area contributed by atoms with Gasteiger partial charge in [0, 0.05) is 39.0 Å². The van der Waals surface area contributed by atoms with Crippen LogP contribution in [0.1, 0.15) is 37.8 Å². The Morgan fingerprint density at radius 3 is 2.92 bits per heavy atom. The number of urea groups is 1. The number of nitrogens with zero attached hydrogens (tertiary/aromatic N) is 2. The molecular weight excluding hydrogens is 318 g/mol. The number of hydrogen-bond acceptors (Lipinski definition) is 4. The number of pyridine rings is 1. The maximum atomic E-state index is 12.3. The number of ether oxygens (including phenoxy) is 2. The SMILES string of the molecule is O=C(NCCC1CCCOC1)N1CCC(OCc2ccccn2)CC1. The molecule has 0 bridgehead atoms. The summed E-state index contributed by atoms with van der Waals surface area (Å²) in [4.78, 5) is 18.4. The first-order valence-electron chi connectivity index (χ1n) is 9.43. The molecule has 1 atom stereocenters. The van der Waals surface area contributed by atoms with E-state index in [0.29, 0.717) is 12.5 Å². The summed E-state index contributed by atoms with van der Waals surface area (Å²) in [5.74, 6) is 0.597. The van der Waals surface area contributed by atoms with Crippen molar-refractivity contribution in [2.45, 2.75) is 44.8 Å². The van der Waals surface area contributed by atoms with Crippen molar-refractivity contribution in [2.24, 2.45) is 5.92 Å². The summed E-state index contributed by atoms with van der Waals surface area (Å²) < 4.78 is 11.4. The second-order valence-corrected chi connectivity index (χ2v) is 6.92. The fourth-order valence-corrected chi connectivity index (χ4v) is 3.44. The molecular formula is C19H29N3O3. The Morgan fingerprint density at radius 1 is 1.32 bits per heavy atom. The van der Waals surface area contributed by atoms with Gasteiger partial charge < -0.3 is 19.7 Å². The molecule has 2 amide bonds. The van der Waals surface area contributed by atoms with Crippen LogP contribution in [0.3, 0.4) is 0 Å². The second-order valence-electron chi connectivity index (χ2n) is 6.92. The Balaban J connectivity index is 1.29. The molecule has 0 radical (unpaired) electrons. The van der Waals surface area contributed by atoms with Gasteiger partial charge in [0.1, 0.15) is 0 Å². The fraction of sp³-hybridized carbons (Fsp3) is 0.684. The Kier molecular flexibility index (Phi) is 7.06. The molecule has 2 aliphatic heterocycles. The van der Waals surface area contributed by atoms with E-state index in [1.54, 1.807) is 6.20 Å². The van der Waals surface area contributed by atoms with Crippen molar-refractivity contribution in [2.75, 3.05) is 32.8 Å². The van der Waals surface area contributed by atoms with Crippen molar-refractivity contribution in [1.82, 2.24) is 15.2 Å². The lowest BCUT2D eigenvalue weighted by atomic mass is 9.99. The average Bonchev–Trinajstić information content (AvgIpc) is 2.68. The summed E-state index contributed by atoms with van der Waals surface area (Å²) in [6.07, 6.45) is 7.14. The molecule has 2 aliphatic rings. The first-order chi connectivity index (χ1) is 12.3. The first-order valence-corrected chi connectivity index (χ1v) is 9.43. The molecule has 2 fully saturated rings. The molecule has 1 aromatic heterocycles. The van der Waals surface area contributed by atoms with Crippen molar-refractivity contribution in [1.29, 1.82) is 0 Å². The van der Waals surface area contributed by atoms with Gasteiger partial charge in [-0.25, -0.2) is 4.79 Å². The van der Waals surface area contributed by atoms with Gasteiger partial charge in [0.2, 0.25) is 0 Å². The van der Waals surface area contributed by atoms with E-state index in [4.69, 9.17) is 9.47 Å². The van der Waals surface area contributed by atoms with Crippen molar-refractivity contribution in [3.63, 3.8) is 0 Å². The van der Waals surface area contributed by atoms with E-state index in [1.165, 1.54) is 6.42 Å². The van der Waals surface area contributed by atoms with Gasteiger partial charge in [-0.1, -0.05) is 6.07 Å². The number of nitrogens with one attached hydrogen (secondary N) is 1. The molecule has 1 unspecified atom stereocenters. The zero-order chi connectivity index (χ0) is 17.3. The highest BCUT2D eigenvalue weighted by atomic mass is 16.5. The van der Waals surface area contributed by atoms with Crippen LogP contribution in [0.5, 0.6) is 0 Å². The highest BCUT2D eigenvalue weighted by Crippen LogP contribution is 2.17. The van der Waals surface area contributed by atoms with E-state index in [-0.39, 0.29) is 12.1 Å². The topological polar surface area (TPSA) is 63.7 Å². The van der Waals surface area contributed by atoms with Gasteiger partial charge in [-0.3, -0.25) is 4.98 Å². The van der Waals surface area contributed by atoms with Crippen LogP contribution in [-0.2, 0) is 16.1 Å². The standard InChI is InChI=1S/C19H29N3O3/c23-19(21-10-6-16-4-3-13-24-14-16)22-11-7-18(8-12-22)25-15-17-5-1-2-9-20-17/h1-2,5,9,16,18H,3-4,6-8,10-15H2,(H,21,23). The lowest BCUT2D eigenvalue weighted by Crippen LogP contribution is -2.46. The number of likely N-dealkylation sites (tertiary alicyclic amines) is 1. The van der Waals surface area contributed by atoms with Crippen molar-refractivity contribution >= 4 is 6.03 Å². The number of amides is 2. The molecule has 1 N–H and O–H groups in total. The highest BCUT2D eigenvalue weighted by molar-refractivity contribution is 5.74. The van der Waals surface area contributed by atoms with E-state index in [2.05, 4.69) is 10.3 Å². The van der Waals surface area contributed by atoms with Gasteiger partial charge >= 0.3 is 6.03 Å². The summed E-state index contributed by atoms with van der Waals surface area (Å²) >= 11 is 0. The number of rotatable bonds is 6. The van der Waals surface area contributed by atoms with Gasteiger partial charge in [-0.05, 0) is 50.2 Å². The molecule has 0 aliphatic carbocycles. The monoisotopic (exact) mass is 347 g/mol. The highest BCUT2D eigenvalue weighted by Gasteiger charge is 2.23. The predicted octanol–water partition coefficient (Wildman–Crippen LogP) is 2.59. The number of hydrogen-bond donors (Lipinski definition) is 1. The second kappa shape index (κ2) is 9.73. The van der Waals surface area contributed by atoms with Crippen LogP contribution < -0.4 is 5.32 Å². The molecule has 0 spiro atoms. The van der Waals surface area contributed by atoms with Gasteiger partial charge in [-0.15, -0.1) is 0 Å². The van der Waals surface area contributed by atoms with E-state index < -0.39 is 0 Å². The molecule has 3 rings (SSSR count). The largest absolute Gasteiger partial charge is 0.381 e. The third-order valence-electron chi connectivity index (χ3n) is 5.01. The molecule has 138 valence electrons. The van der Waals surface area contributed by atoms with E-state index in [0.717, 1.165) is 64.2 Å². The van der Waals surface area contributed by atoms with Crippen LogP contribution in [0.25, 0.3) is 0 Å². The Hall–Kier alpha value is -1.66. The minimum absolute atomic E-state index is 0.0555. The Morgan fingerprint density at radius 2 is 2.20 bits per heavy atom. The maximum absolute atomic E-state index is 12.3. The normalized spacial score (nSPS) is 21.9. The molecule has 6 nitrogen and oxygen atoms in total. The molecule has 3 heterocycles. The number of aromatic nitrogens is 1. The zero-order valence-electron chi connectivity index (χ0n) is 14.9. The van der Waals surface area contributed by atoms with Gasteiger partial charge in [0.15, 0.2) is 0 Å².